The van der Waals surface area contributed by atoms with Gasteiger partial charge in [-0.25, -0.2) is 9.36 Å². The van der Waals surface area contributed by atoms with Crippen molar-refractivity contribution >= 4 is 17.7 Å². The second-order valence-electron chi connectivity index (χ2n) is 10.2. The molecule has 1 aliphatic heterocycles. The molecule has 1 saturated heterocycles. The normalized spacial score (nSPS) is 13.4. The van der Waals surface area contributed by atoms with Crippen LogP contribution in [-0.2, 0) is 13.6 Å². The summed E-state index contributed by atoms with van der Waals surface area (Å²) in [5, 5.41) is 12.2. The van der Waals surface area contributed by atoms with E-state index in [9.17, 15) is 9.59 Å². The summed E-state index contributed by atoms with van der Waals surface area (Å²) in [5.74, 6) is 2.47. The SMILES string of the molecule is C[n+]1cc(CNC(=O)c2ccc(Oc3ccccc3)cc2)ccc1N1CCC(COc2cccc(C(=O)O)c2)CC1. The van der Waals surface area contributed by atoms with E-state index < -0.39 is 5.97 Å². The second-order valence-corrected chi connectivity index (χ2v) is 10.2. The summed E-state index contributed by atoms with van der Waals surface area (Å²) in [6.45, 7) is 2.83. The molecule has 1 aromatic heterocycles. The van der Waals surface area contributed by atoms with E-state index in [0.29, 0.717) is 36.1 Å². The van der Waals surface area contributed by atoms with E-state index in [-0.39, 0.29) is 11.5 Å². The smallest absolute Gasteiger partial charge is 0.335 e. The van der Waals surface area contributed by atoms with Gasteiger partial charge < -0.3 is 19.9 Å². The minimum atomic E-state index is -0.954. The van der Waals surface area contributed by atoms with Gasteiger partial charge in [0.25, 0.3) is 11.7 Å². The van der Waals surface area contributed by atoms with E-state index in [1.54, 1.807) is 48.5 Å². The van der Waals surface area contributed by atoms with Crippen LogP contribution in [0.1, 0.15) is 39.1 Å². The van der Waals surface area contributed by atoms with Crippen molar-refractivity contribution in [1.29, 1.82) is 0 Å². The number of aryl methyl sites for hydroxylation is 1. The lowest BCUT2D eigenvalue weighted by molar-refractivity contribution is -0.659. The van der Waals surface area contributed by atoms with Gasteiger partial charge in [0.1, 0.15) is 17.2 Å². The molecule has 0 saturated carbocycles. The third-order valence-corrected chi connectivity index (χ3v) is 7.22. The predicted octanol–water partition coefficient (Wildman–Crippen LogP) is 5.23. The van der Waals surface area contributed by atoms with Gasteiger partial charge in [0.15, 0.2) is 0 Å². The first-order valence-electron chi connectivity index (χ1n) is 13.8. The summed E-state index contributed by atoms with van der Waals surface area (Å²) >= 11 is 0. The number of hydrogen-bond donors (Lipinski definition) is 2. The topological polar surface area (TPSA) is 92.0 Å². The number of carboxylic acids is 1. The van der Waals surface area contributed by atoms with E-state index in [4.69, 9.17) is 14.6 Å². The molecular formula is C33H34N3O5+. The number of rotatable bonds is 10. The molecule has 0 unspecified atom stereocenters. The molecule has 0 atom stereocenters. The lowest BCUT2D eigenvalue weighted by atomic mass is 9.97. The van der Waals surface area contributed by atoms with Crippen LogP contribution in [0.15, 0.2) is 97.2 Å². The number of anilines is 1. The van der Waals surface area contributed by atoms with Crippen LogP contribution in [0.25, 0.3) is 0 Å². The molecule has 0 aliphatic carbocycles. The van der Waals surface area contributed by atoms with Crippen LogP contribution >= 0.6 is 0 Å². The predicted molar refractivity (Wildman–Crippen MR) is 156 cm³/mol. The molecule has 41 heavy (non-hydrogen) atoms. The molecule has 0 spiro atoms. The molecule has 5 rings (SSSR count). The fourth-order valence-corrected chi connectivity index (χ4v) is 4.94. The number of benzene rings is 3. The Kier molecular flexibility index (Phi) is 8.79. The Morgan fingerprint density at radius 3 is 2.29 bits per heavy atom. The third kappa shape index (κ3) is 7.42. The summed E-state index contributed by atoms with van der Waals surface area (Å²) in [6, 6.07) is 27.4. The Morgan fingerprint density at radius 1 is 0.878 bits per heavy atom. The number of carboxylic acid groups (broad SMARTS) is 1. The number of carbonyl (C=O) groups excluding carboxylic acids is 1. The van der Waals surface area contributed by atoms with Gasteiger partial charge in [-0.15, -0.1) is 0 Å². The largest absolute Gasteiger partial charge is 0.493 e. The second kappa shape index (κ2) is 13.0. The van der Waals surface area contributed by atoms with Gasteiger partial charge in [0.05, 0.1) is 38.5 Å². The molecule has 1 amide bonds. The van der Waals surface area contributed by atoms with Crippen LogP contribution < -0.4 is 24.3 Å². The molecule has 2 N–H and O–H groups in total. The number of aromatic nitrogens is 1. The summed E-state index contributed by atoms with van der Waals surface area (Å²) in [5.41, 5.74) is 1.82. The Hall–Kier alpha value is -4.85. The minimum absolute atomic E-state index is 0.137. The monoisotopic (exact) mass is 552 g/mol. The number of amides is 1. The Morgan fingerprint density at radius 2 is 1.59 bits per heavy atom. The molecule has 1 fully saturated rings. The molecule has 1 aliphatic rings. The van der Waals surface area contributed by atoms with Crippen molar-refractivity contribution in [3.63, 3.8) is 0 Å². The molecule has 8 nitrogen and oxygen atoms in total. The highest BCUT2D eigenvalue weighted by Crippen LogP contribution is 2.24. The lowest BCUT2D eigenvalue weighted by Gasteiger charge is -2.28. The summed E-state index contributed by atoms with van der Waals surface area (Å²) in [6.07, 6.45) is 4.04. The van der Waals surface area contributed by atoms with Crippen molar-refractivity contribution in [2.45, 2.75) is 19.4 Å². The van der Waals surface area contributed by atoms with Crippen molar-refractivity contribution in [2.75, 3.05) is 24.6 Å². The van der Waals surface area contributed by atoms with Crippen LogP contribution in [-0.4, -0.2) is 36.7 Å². The van der Waals surface area contributed by atoms with Crippen LogP contribution in [0.2, 0.25) is 0 Å². The number of aromatic carboxylic acids is 1. The number of piperidine rings is 1. The van der Waals surface area contributed by atoms with Gasteiger partial charge in [0, 0.05) is 29.7 Å². The van der Waals surface area contributed by atoms with Crippen molar-refractivity contribution in [1.82, 2.24) is 5.32 Å². The summed E-state index contributed by atoms with van der Waals surface area (Å²) in [4.78, 5) is 26.2. The van der Waals surface area contributed by atoms with Crippen LogP contribution in [0.3, 0.4) is 0 Å². The van der Waals surface area contributed by atoms with Crippen LogP contribution in [0.4, 0.5) is 5.82 Å². The van der Waals surface area contributed by atoms with Crippen LogP contribution in [0, 0.1) is 5.92 Å². The summed E-state index contributed by atoms with van der Waals surface area (Å²) < 4.78 is 13.8. The Bertz CT molecular complexity index is 1480. The fraction of sp³-hybridized carbons (Fsp3) is 0.242. The van der Waals surface area contributed by atoms with E-state index in [0.717, 1.165) is 43.1 Å². The maximum Gasteiger partial charge on any atom is 0.335 e. The highest BCUT2D eigenvalue weighted by Gasteiger charge is 2.26. The zero-order chi connectivity index (χ0) is 28.6. The van der Waals surface area contributed by atoms with Gasteiger partial charge in [-0.05, 0) is 73.5 Å². The molecule has 0 bridgehead atoms. The first-order chi connectivity index (χ1) is 19.9. The number of ether oxygens (including phenoxy) is 2. The third-order valence-electron chi connectivity index (χ3n) is 7.22. The number of hydrogen-bond acceptors (Lipinski definition) is 5. The van der Waals surface area contributed by atoms with Gasteiger partial charge in [-0.2, -0.15) is 0 Å². The number of nitrogens with one attached hydrogen (secondary N) is 1. The molecule has 0 radical (unpaired) electrons. The van der Waals surface area contributed by atoms with E-state index in [1.807, 2.05) is 37.4 Å². The van der Waals surface area contributed by atoms with Crippen molar-refractivity contribution in [3.05, 3.63) is 114 Å². The Labute approximate surface area is 239 Å². The maximum absolute atomic E-state index is 12.7. The lowest BCUT2D eigenvalue weighted by Crippen LogP contribution is -2.44. The Balaban J connectivity index is 1.08. The van der Waals surface area contributed by atoms with Crippen molar-refractivity contribution in [3.8, 4) is 17.2 Å². The van der Waals surface area contributed by atoms with Crippen LogP contribution in [0.5, 0.6) is 17.2 Å². The van der Waals surface area contributed by atoms with Crippen molar-refractivity contribution in [2.24, 2.45) is 13.0 Å². The van der Waals surface area contributed by atoms with Gasteiger partial charge in [-0.3, -0.25) is 9.69 Å². The molecule has 4 aromatic rings. The first-order valence-corrected chi connectivity index (χ1v) is 13.8. The van der Waals surface area contributed by atoms with E-state index >= 15 is 0 Å². The quantitative estimate of drug-likeness (QED) is 0.262. The highest BCUT2D eigenvalue weighted by atomic mass is 16.5. The molecule has 8 heteroatoms. The first kappa shape index (κ1) is 27.7. The number of pyridine rings is 1. The highest BCUT2D eigenvalue weighted by molar-refractivity contribution is 5.94. The van der Waals surface area contributed by atoms with E-state index in [2.05, 4.69) is 33.1 Å². The maximum atomic E-state index is 12.7. The standard InChI is InChI=1S/C33H33N3O5/c1-35-22-25(21-34-32(37)26-11-13-29(14-12-26)41-28-7-3-2-4-8-28)10-15-31(35)36-18-16-24(17-19-36)23-40-30-9-5-6-27(20-30)33(38)39/h2-15,20,22,24H,16-19,21,23H2,1H3,(H-,34,37,38,39)/p+1. The van der Waals surface area contributed by atoms with Gasteiger partial charge in [0.2, 0.25) is 0 Å². The average molecular weight is 553 g/mol. The zero-order valence-electron chi connectivity index (χ0n) is 23.0. The average Bonchev–Trinajstić information content (AvgIpc) is 3.00. The minimum Gasteiger partial charge on any atom is -0.493 e. The molecule has 210 valence electrons. The van der Waals surface area contributed by atoms with E-state index in [1.165, 1.54) is 0 Å². The van der Waals surface area contributed by atoms with Gasteiger partial charge in [-0.1, -0.05) is 24.3 Å². The zero-order valence-corrected chi connectivity index (χ0v) is 23.0. The number of para-hydroxylation sites is 1. The summed E-state index contributed by atoms with van der Waals surface area (Å²) in [7, 11) is 2.02. The van der Waals surface area contributed by atoms with Gasteiger partial charge >= 0.3 is 5.97 Å². The molecular weight excluding hydrogens is 518 g/mol. The number of nitrogens with zero attached hydrogens (tertiary/aromatic N) is 2. The van der Waals surface area contributed by atoms with Crippen molar-refractivity contribution < 1.29 is 28.7 Å². The molecule has 3 aromatic carbocycles. The molecule has 2 heterocycles. The fourth-order valence-electron chi connectivity index (χ4n) is 4.94. The number of carbonyl (C=O) groups is 2.